The molecule has 0 unspecified atom stereocenters. The maximum atomic E-state index is 15.1. The number of methoxy groups -OCH3 is 1. The van der Waals surface area contributed by atoms with Gasteiger partial charge in [-0.25, -0.2) is 13.8 Å². The number of alkyl halides is 1. The largest absolute Gasteiger partial charge is 0.496 e. The Labute approximate surface area is 254 Å². The van der Waals surface area contributed by atoms with E-state index >= 15 is 4.39 Å². The highest BCUT2D eigenvalue weighted by Crippen LogP contribution is 2.35. The first-order valence-corrected chi connectivity index (χ1v) is 14.5. The molecule has 41 heavy (non-hydrogen) atoms. The van der Waals surface area contributed by atoms with Crippen LogP contribution < -0.4 is 15.4 Å². The van der Waals surface area contributed by atoms with Crippen LogP contribution >= 0.6 is 36.2 Å². The van der Waals surface area contributed by atoms with Crippen molar-refractivity contribution >= 4 is 57.2 Å². The van der Waals surface area contributed by atoms with Crippen LogP contribution in [0.4, 0.5) is 8.78 Å². The third kappa shape index (κ3) is 6.62. The van der Waals surface area contributed by atoms with E-state index in [0.717, 1.165) is 66.2 Å². The fraction of sp³-hybridized carbons (Fsp3) is 0.448. The van der Waals surface area contributed by atoms with Gasteiger partial charge < -0.3 is 20.3 Å². The molecule has 2 aromatic carbocycles. The van der Waals surface area contributed by atoms with Gasteiger partial charge in [-0.15, -0.1) is 24.8 Å². The number of hydrogen-bond donors (Lipinski definition) is 2. The zero-order valence-electron chi connectivity index (χ0n) is 22.8. The number of nitrogens with zero attached hydrogens (tertiary/aromatic N) is 3. The molecule has 0 saturated carbocycles. The first kappa shape index (κ1) is 31.4. The van der Waals surface area contributed by atoms with Gasteiger partial charge in [-0.2, -0.15) is 0 Å². The number of thiazole rings is 1. The lowest BCUT2D eigenvalue weighted by atomic mass is 10.0. The number of ether oxygens (including phenoxy) is 1. The molecule has 2 aliphatic rings. The number of hydrogen-bond acceptors (Lipinski definition) is 6. The van der Waals surface area contributed by atoms with Gasteiger partial charge in [-0.3, -0.25) is 9.20 Å². The number of piperidine rings is 1. The molecule has 6 rings (SSSR count). The molecule has 1 amide bonds. The fourth-order valence-electron chi connectivity index (χ4n) is 5.65. The number of halogens is 4. The van der Waals surface area contributed by atoms with E-state index in [9.17, 15) is 9.18 Å². The van der Waals surface area contributed by atoms with E-state index in [4.69, 9.17) is 9.72 Å². The summed E-state index contributed by atoms with van der Waals surface area (Å²) in [5.74, 6) is 0.00103. The Balaban J connectivity index is 0.00000194. The van der Waals surface area contributed by atoms with Crippen LogP contribution in [0, 0.1) is 5.82 Å². The predicted octanol–water partition coefficient (Wildman–Crippen LogP) is 6.19. The monoisotopic (exact) mass is 625 g/mol. The summed E-state index contributed by atoms with van der Waals surface area (Å²) in [4.78, 5) is 20.7. The van der Waals surface area contributed by atoms with Gasteiger partial charge in [-0.1, -0.05) is 17.4 Å². The van der Waals surface area contributed by atoms with Crippen LogP contribution in [-0.4, -0.2) is 66.2 Å². The average molecular weight is 627 g/mol. The summed E-state index contributed by atoms with van der Waals surface area (Å²) in [5.41, 5.74) is 3.33. The minimum absolute atomic E-state index is 0. The molecule has 2 N–H and O–H groups in total. The second-order valence-corrected chi connectivity index (χ2v) is 11.4. The lowest BCUT2D eigenvalue weighted by Gasteiger charge is -2.28. The third-order valence-electron chi connectivity index (χ3n) is 7.85. The average Bonchev–Trinajstić information content (AvgIpc) is 3.68. The van der Waals surface area contributed by atoms with Crippen LogP contribution in [0.1, 0.15) is 54.1 Å². The van der Waals surface area contributed by atoms with Crippen LogP contribution in [-0.2, 0) is 0 Å². The number of aromatic nitrogens is 2. The Morgan fingerprint density at radius 3 is 2.71 bits per heavy atom. The van der Waals surface area contributed by atoms with Crippen LogP contribution in [0.15, 0.2) is 36.5 Å². The van der Waals surface area contributed by atoms with E-state index < -0.39 is 6.17 Å². The van der Waals surface area contributed by atoms with E-state index in [-0.39, 0.29) is 42.6 Å². The van der Waals surface area contributed by atoms with Crippen molar-refractivity contribution in [2.24, 2.45) is 0 Å². The Morgan fingerprint density at radius 2 is 2.00 bits per heavy atom. The van der Waals surface area contributed by atoms with Gasteiger partial charge in [0.15, 0.2) is 4.96 Å². The standard InChI is InChI=1S/C29H33F2N5O2S.2ClH/c1-38-26-16-25-27(15-21(26)28(37)33-10-3-11-35-12-7-19(30)8-13-35)39-29-34-24(17-36(25)29)20-6-5-18(14-22(20)31)23-4-2-9-32-23;;/h5-6,14-17,19,23,32H,2-4,7-13H2,1H3,(H,33,37);2*1H/t23-;;/m0../s1. The van der Waals surface area contributed by atoms with Gasteiger partial charge in [0, 0.05) is 43.5 Å². The first-order chi connectivity index (χ1) is 19.0. The van der Waals surface area contributed by atoms with E-state index in [0.29, 0.717) is 42.0 Å². The molecule has 7 nitrogen and oxygen atoms in total. The fourth-order valence-corrected chi connectivity index (χ4v) is 6.68. The molecule has 12 heteroatoms. The van der Waals surface area contributed by atoms with Gasteiger partial charge in [0.1, 0.15) is 17.7 Å². The minimum atomic E-state index is -0.679. The normalized spacial score (nSPS) is 17.9. The van der Waals surface area contributed by atoms with Crippen LogP contribution in [0.2, 0.25) is 0 Å². The van der Waals surface area contributed by atoms with Gasteiger partial charge in [-0.05, 0) is 69.0 Å². The lowest BCUT2D eigenvalue weighted by molar-refractivity contribution is 0.0947. The molecular weight excluding hydrogens is 591 g/mol. The molecule has 1 atom stereocenters. The Kier molecular flexibility index (Phi) is 10.5. The number of benzene rings is 2. The summed E-state index contributed by atoms with van der Waals surface area (Å²) in [7, 11) is 1.55. The second kappa shape index (κ2) is 13.6. The first-order valence-electron chi connectivity index (χ1n) is 13.7. The summed E-state index contributed by atoms with van der Waals surface area (Å²) in [6, 6.07) is 9.29. The van der Waals surface area contributed by atoms with Crippen molar-refractivity contribution in [1.82, 2.24) is 24.9 Å². The third-order valence-corrected chi connectivity index (χ3v) is 8.86. The minimum Gasteiger partial charge on any atom is -0.496 e. The molecule has 2 fully saturated rings. The van der Waals surface area contributed by atoms with Gasteiger partial charge in [0.05, 0.1) is 28.6 Å². The molecule has 222 valence electrons. The second-order valence-electron chi connectivity index (χ2n) is 10.4. The number of nitrogens with one attached hydrogen (secondary N) is 2. The van der Waals surface area contributed by atoms with Crippen molar-refractivity contribution in [2.45, 2.75) is 44.3 Å². The van der Waals surface area contributed by atoms with Gasteiger partial charge >= 0.3 is 0 Å². The zero-order valence-corrected chi connectivity index (χ0v) is 25.3. The summed E-state index contributed by atoms with van der Waals surface area (Å²) in [6.07, 6.45) is 5.27. The Hall–Kier alpha value is -2.50. The summed E-state index contributed by atoms with van der Waals surface area (Å²) >= 11 is 1.45. The molecule has 0 spiro atoms. The molecular formula is C29H35Cl2F2N5O2S. The van der Waals surface area contributed by atoms with Crippen LogP contribution in [0.3, 0.4) is 0 Å². The maximum absolute atomic E-state index is 15.1. The Bertz CT molecular complexity index is 1500. The maximum Gasteiger partial charge on any atom is 0.255 e. The van der Waals surface area contributed by atoms with Crippen molar-refractivity contribution in [3.8, 4) is 17.0 Å². The lowest BCUT2D eigenvalue weighted by Crippen LogP contribution is -2.36. The van der Waals surface area contributed by atoms with Crippen molar-refractivity contribution in [3.63, 3.8) is 0 Å². The van der Waals surface area contributed by atoms with Gasteiger partial charge in [0.25, 0.3) is 5.91 Å². The molecule has 2 saturated heterocycles. The Morgan fingerprint density at radius 1 is 1.20 bits per heavy atom. The molecule has 0 aliphatic carbocycles. The molecule has 4 aromatic rings. The highest BCUT2D eigenvalue weighted by Gasteiger charge is 2.21. The van der Waals surface area contributed by atoms with E-state index in [1.54, 1.807) is 13.2 Å². The van der Waals surface area contributed by atoms with Crippen molar-refractivity contribution in [1.29, 1.82) is 0 Å². The summed E-state index contributed by atoms with van der Waals surface area (Å²) in [6.45, 7) is 3.89. The SMILES string of the molecule is COc1cc2c(cc1C(=O)NCCCN1CCC(F)CC1)sc1nc(-c3ccc([C@@H]4CCCN4)cc3F)cn12.Cl.Cl. The molecule has 0 bridgehead atoms. The van der Waals surface area contributed by atoms with E-state index in [1.807, 2.05) is 34.9 Å². The highest BCUT2D eigenvalue weighted by molar-refractivity contribution is 7.23. The molecule has 4 heterocycles. The van der Waals surface area contributed by atoms with Crippen molar-refractivity contribution in [3.05, 3.63) is 53.5 Å². The van der Waals surface area contributed by atoms with Crippen molar-refractivity contribution in [2.75, 3.05) is 39.8 Å². The number of carbonyl (C=O) groups is 1. The number of amides is 1. The smallest absolute Gasteiger partial charge is 0.255 e. The molecule has 0 radical (unpaired) electrons. The van der Waals surface area contributed by atoms with Crippen LogP contribution in [0.25, 0.3) is 26.4 Å². The highest BCUT2D eigenvalue weighted by atomic mass is 35.5. The van der Waals surface area contributed by atoms with Crippen LogP contribution in [0.5, 0.6) is 5.75 Å². The summed E-state index contributed by atoms with van der Waals surface area (Å²) < 4.78 is 36.8. The number of rotatable bonds is 8. The number of imidazole rings is 1. The zero-order chi connectivity index (χ0) is 26.9. The quantitative estimate of drug-likeness (QED) is 0.229. The van der Waals surface area contributed by atoms with Crippen molar-refractivity contribution < 1.29 is 18.3 Å². The predicted molar refractivity (Wildman–Crippen MR) is 165 cm³/mol. The van der Waals surface area contributed by atoms with Gasteiger partial charge in [0.2, 0.25) is 0 Å². The number of carbonyl (C=O) groups excluding carboxylic acids is 1. The van der Waals surface area contributed by atoms with E-state index in [1.165, 1.54) is 11.3 Å². The molecule has 2 aliphatic heterocycles. The molecule has 2 aromatic heterocycles. The summed E-state index contributed by atoms with van der Waals surface area (Å²) in [5, 5.41) is 6.40. The number of fused-ring (bicyclic) bond motifs is 3. The van der Waals surface area contributed by atoms with E-state index in [2.05, 4.69) is 15.5 Å². The number of likely N-dealkylation sites (tertiary alicyclic amines) is 1. The topological polar surface area (TPSA) is 70.9 Å².